The molecule has 0 N–H and O–H groups in total. The second-order valence-electron chi connectivity index (χ2n) is 3.36. The van der Waals surface area contributed by atoms with Crippen molar-refractivity contribution in [1.82, 2.24) is 0 Å². The van der Waals surface area contributed by atoms with Crippen LogP contribution in [0.1, 0.15) is 42.6 Å². The Morgan fingerprint density at radius 3 is 2.80 bits per heavy atom. The first-order valence-electron chi connectivity index (χ1n) is 4.77. The molecule has 1 rings (SSSR count). The lowest BCUT2D eigenvalue weighted by molar-refractivity contribution is 0.0526. The Bertz CT molecular complexity index is 401. The van der Waals surface area contributed by atoms with Crippen molar-refractivity contribution >= 4 is 22.3 Å². The summed E-state index contributed by atoms with van der Waals surface area (Å²) in [6.07, 6.45) is 0. The summed E-state index contributed by atoms with van der Waals surface area (Å²) in [5, 5.41) is 2.29. The predicted octanol–water partition coefficient (Wildman–Crippen LogP) is 3.60. The van der Waals surface area contributed by atoms with Gasteiger partial charge in [0, 0.05) is 0 Å². The Hall–Kier alpha value is -1.34. The Morgan fingerprint density at radius 1 is 1.67 bits per heavy atom. The standard InChI is InChI=1S/C11H13NO2S/c1-5-14-11(13)9-8(7(2)3)6-15-10(9)12-4/h6-7H,5H2,1-3H3. The number of rotatable bonds is 3. The topological polar surface area (TPSA) is 30.7 Å². The monoisotopic (exact) mass is 223 g/mol. The first-order valence-corrected chi connectivity index (χ1v) is 5.65. The fourth-order valence-electron chi connectivity index (χ4n) is 1.28. The zero-order chi connectivity index (χ0) is 11.4. The average molecular weight is 223 g/mol. The van der Waals surface area contributed by atoms with Crippen LogP contribution in [0.2, 0.25) is 0 Å². The van der Waals surface area contributed by atoms with Crippen molar-refractivity contribution in [1.29, 1.82) is 0 Å². The maximum Gasteiger partial charge on any atom is 0.328 e. The largest absolute Gasteiger partial charge is 0.463 e. The van der Waals surface area contributed by atoms with E-state index in [1.54, 1.807) is 6.92 Å². The molecule has 80 valence electrons. The summed E-state index contributed by atoms with van der Waals surface area (Å²) in [6, 6.07) is 0. The molecule has 0 aliphatic rings. The van der Waals surface area contributed by atoms with E-state index in [4.69, 9.17) is 11.3 Å². The molecule has 0 saturated carbocycles. The molecule has 0 radical (unpaired) electrons. The number of carbonyl (C=O) groups is 1. The van der Waals surface area contributed by atoms with E-state index in [1.807, 2.05) is 19.2 Å². The van der Waals surface area contributed by atoms with Crippen LogP contribution in [0.25, 0.3) is 4.85 Å². The van der Waals surface area contributed by atoms with Gasteiger partial charge >= 0.3 is 5.97 Å². The highest BCUT2D eigenvalue weighted by Gasteiger charge is 2.21. The van der Waals surface area contributed by atoms with Gasteiger partial charge in [0.05, 0.1) is 18.7 Å². The lowest BCUT2D eigenvalue weighted by Crippen LogP contribution is -2.06. The van der Waals surface area contributed by atoms with E-state index in [0.717, 1.165) is 5.56 Å². The molecule has 0 fully saturated rings. The third-order valence-corrected chi connectivity index (χ3v) is 2.89. The van der Waals surface area contributed by atoms with E-state index in [2.05, 4.69) is 4.85 Å². The van der Waals surface area contributed by atoms with Gasteiger partial charge in [-0.2, -0.15) is 11.3 Å². The highest BCUT2D eigenvalue weighted by atomic mass is 32.1. The van der Waals surface area contributed by atoms with E-state index >= 15 is 0 Å². The lowest BCUT2D eigenvalue weighted by atomic mass is 10.0. The lowest BCUT2D eigenvalue weighted by Gasteiger charge is -2.07. The first-order chi connectivity index (χ1) is 7.11. The maximum atomic E-state index is 11.7. The molecule has 0 aromatic carbocycles. The number of hydrogen-bond donors (Lipinski definition) is 0. The van der Waals surface area contributed by atoms with Crippen LogP contribution < -0.4 is 0 Å². The number of ether oxygens (including phenoxy) is 1. The molecule has 0 aliphatic carbocycles. The van der Waals surface area contributed by atoms with Gasteiger partial charge in [0.15, 0.2) is 0 Å². The molecule has 0 atom stereocenters. The summed E-state index contributed by atoms with van der Waals surface area (Å²) in [7, 11) is 0. The summed E-state index contributed by atoms with van der Waals surface area (Å²) in [5.74, 6) is -0.149. The molecule has 0 saturated heterocycles. The SMILES string of the molecule is [C-]#[N+]c1scc(C(C)C)c1C(=O)OCC. The second kappa shape index (κ2) is 4.94. The Balaban J connectivity index is 3.17. The minimum absolute atomic E-state index is 0.233. The molecule has 1 heterocycles. The van der Waals surface area contributed by atoms with Crippen LogP contribution >= 0.6 is 11.3 Å². The summed E-state index contributed by atoms with van der Waals surface area (Å²) in [4.78, 5) is 15.0. The number of hydrogen-bond acceptors (Lipinski definition) is 3. The molecule has 3 nitrogen and oxygen atoms in total. The van der Waals surface area contributed by atoms with Crippen LogP contribution in [0.15, 0.2) is 5.38 Å². The molecule has 1 aromatic rings. The quantitative estimate of drug-likeness (QED) is 0.579. The van der Waals surface area contributed by atoms with Gasteiger partial charge in [-0.25, -0.2) is 9.64 Å². The second-order valence-corrected chi connectivity index (χ2v) is 4.22. The van der Waals surface area contributed by atoms with Crippen molar-refractivity contribution in [2.45, 2.75) is 26.7 Å². The van der Waals surface area contributed by atoms with E-state index in [1.165, 1.54) is 11.3 Å². The predicted molar refractivity (Wildman–Crippen MR) is 60.6 cm³/mol. The van der Waals surface area contributed by atoms with Crippen LogP contribution in [0.3, 0.4) is 0 Å². The fraction of sp³-hybridized carbons (Fsp3) is 0.455. The van der Waals surface area contributed by atoms with Gasteiger partial charge in [0.1, 0.15) is 0 Å². The van der Waals surface area contributed by atoms with Crippen molar-refractivity contribution in [3.05, 3.63) is 27.9 Å². The van der Waals surface area contributed by atoms with Crippen molar-refractivity contribution in [3.63, 3.8) is 0 Å². The molecule has 0 unspecified atom stereocenters. The third kappa shape index (κ3) is 2.37. The first kappa shape index (κ1) is 11.7. The Morgan fingerprint density at radius 2 is 2.33 bits per heavy atom. The highest BCUT2D eigenvalue weighted by Crippen LogP contribution is 2.35. The molecule has 0 amide bonds. The molecule has 0 aliphatic heterocycles. The van der Waals surface area contributed by atoms with Crippen LogP contribution in [-0.2, 0) is 4.74 Å². The van der Waals surface area contributed by atoms with Gasteiger partial charge in [-0.15, -0.1) is 0 Å². The fourth-order valence-corrected chi connectivity index (χ4v) is 2.28. The van der Waals surface area contributed by atoms with Crippen LogP contribution in [0.5, 0.6) is 0 Å². The van der Waals surface area contributed by atoms with Gasteiger partial charge in [-0.05, 0) is 23.8 Å². The van der Waals surface area contributed by atoms with Crippen molar-refractivity contribution in [2.75, 3.05) is 6.61 Å². The number of esters is 1. The normalized spacial score (nSPS) is 10.1. The Kier molecular flexibility index (Phi) is 3.87. The van der Waals surface area contributed by atoms with Gasteiger partial charge in [0.2, 0.25) is 0 Å². The maximum absolute atomic E-state index is 11.7. The van der Waals surface area contributed by atoms with Gasteiger partial charge in [-0.1, -0.05) is 13.8 Å². The highest BCUT2D eigenvalue weighted by molar-refractivity contribution is 7.14. The Labute approximate surface area is 93.5 Å². The number of thiophene rings is 1. The minimum Gasteiger partial charge on any atom is -0.463 e. The summed E-state index contributed by atoms with van der Waals surface area (Å²) in [5.41, 5.74) is 1.36. The molecule has 4 heteroatoms. The van der Waals surface area contributed by atoms with E-state index in [-0.39, 0.29) is 11.9 Å². The summed E-state index contributed by atoms with van der Waals surface area (Å²) in [6.45, 7) is 13.1. The van der Waals surface area contributed by atoms with Crippen molar-refractivity contribution in [2.24, 2.45) is 0 Å². The summed E-state index contributed by atoms with van der Waals surface area (Å²) >= 11 is 1.30. The van der Waals surface area contributed by atoms with Gasteiger partial charge in [0.25, 0.3) is 5.00 Å². The van der Waals surface area contributed by atoms with Gasteiger partial charge < -0.3 is 4.74 Å². The van der Waals surface area contributed by atoms with Crippen molar-refractivity contribution < 1.29 is 9.53 Å². The average Bonchev–Trinajstić information content (AvgIpc) is 2.61. The number of carbonyl (C=O) groups excluding carboxylic acids is 1. The van der Waals surface area contributed by atoms with Crippen LogP contribution in [0, 0.1) is 6.57 Å². The zero-order valence-corrected chi connectivity index (χ0v) is 9.85. The van der Waals surface area contributed by atoms with E-state index in [9.17, 15) is 4.79 Å². The van der Waals surface area contributed by atoms with Gasteiger partial charge in [-0.3, -0.25) is 0 Å². The molecule has 15 heavy (non-hydrogen) atoms. The molecular weight excluding hydrogens is 210 g/mol. The third-order valence-electron chi connectivity index (χ3n) is 2.00. The van der Waals surface area contributed by atoms with Crippen LogP contribution in [-0.4, -0.2) is 12.6 Å². The molecule has 1 aromatic heterocycles. The van der Waals surface area contributed by atoms with Crippen molar-refractivity contribution in [3.8, 4) is 0 Å². The molecule has 0 bridgehead atoms. The molecule has 0 spiro atoms. The molecular formula is C11H13NO2S. The van der Waals surface area contributed by atoms with E-state index in [0.29, 0.717) is 17.2 Å². The minimum atomic E-state index is -0.381. The van der Waals surface area contributed by atoms with Crippen LogP contribution in [0.4, 0.5) is 5.00 Å². The zero-order valence-electron chi connectivity index (χ0n) is 9.03. The number of nitrogens with zero attached hydrogens (tertiary/aromatic N) is 1. The smallest absolute Gasteiger partial charge is 0.328 e. The van der Waals surface area contributed by atoms with E-state index < -0.39 is 0 Å². The summed E-state index contributed by atoms with van der Waals surface area (Å²) < 4.78 is 4.94.